The SMILES string of the molecule is C=CCOC(=O)C1=C(C)NC2=C(C(=O)CCC2)[C@H]1c1ccc(OCC)c(OC)c1. The van der Waals surface area contributed by atoms with Crippen molar-refractivity contribution in [2.45, 2.75) is 39.0 Å². The number of methoxy groups -OCH3 is 1. The molecule has 29 heavy (non-hydrogen) atoms. The predicted octanol–water partition coefficient (Wildman–Crippen LogP) is 3.79. The molecule has 1 aromatic carbocycles. The van der Waals surface area contributed by atoms with Crippen LogP contribution in [0.4, 0.5) is 0 Å². The van der Waals surface area contributed by atoms with Crippen molar-refractivity contribution < 1.29 is 23.8 Å². The molecule has 1 aromatic rings. The number of ketones is 1. The molecule has 0 radical (unpaired) electrons. The minimum Gasteiger partial charge on any atom is -0.493 e. The number of dihydropyridines is 1. The molecule has 0 fully saturated rings. The van der Waals surface area contributed by atoms with Gasteiger partial charge in [-0.1, -0.05) is 18.7 Å². The molecule has 1 aliphatic heterocycles. The quantitative estimate of drug-likeness (QED) is 0.557. The highest BCUT2D eigenvalue weighted by Crippen LogP contribution is 2.44. The first-order chi connectivity index (χ1) is 14.0. The molecule has 3 rings (SSSR count). The summed E-state index contributed by atoms with van der Waals surface area (Å²) in [6.07, 6.45) is 3.57. The van der Waals surface area contributed by atoms with Crippen LogP contribution in [0.25, 0.3) is 0 Å². The molecule has 2 aliphatic rings. The minimum absolute atomic E-state index is 0.0538. The van der Waals surface area contributed by atoms with E-state index in [1.54, 1.807) is 7.11 Å². The number of benzene rings is 1. The van der Waals surface area contributed by atoms with Gasteiger partial charge in [0, 0.05) is 29.3 Å². The number of esters is 1. The maximum absolute atomic E-state index is 12.9. The van der Waals surface area contributed by atoms with E-state index in [1.165, 1.54) is 6.08 Å². The second-order valence-electron chi connectivity index (χ2n) is 7.00. The molecule has 0 saturated heterocycles. The number of nitrogens with one attached hydrogen (secondary N) is 1. The third kappa shape index (κ3) is 4.06. The molecule has 6 nitrogen and oxygen atoms in total. The highest BCUT2D eigenvalue weighted by atomic mass is 16.5. The molecule has 6 heteroatoms. The molecule has 1 atom stereocenters. The lowest BCUT2D eigenvalue weighted by Gasteiger charge is -2.34. The van der Waals surface area contributed by atoms with E-state index in [0.717, 1.165) is 24.1 Å². The van der Waals surface area contributed by atoms with Crippen LogP contribution in [0.5, 0.6) is 11.5 Å². The van der Waals surface area contributed by atoms with E-state index in [2.05, 4.69) is 11.9 Å². The van der Waals surface area contributed by atoms with Gasteiger partial charge in [-0.15, -0.1) is 0 Å². The van der Waals surface area contributed by atoms with Gasteiger partial charge < -0.3 is 19.5 Å². The molecule has 0 saturated carbocycles. The number of allylic oxidation sites excluding steroid dienone is 3. The third-order valence-electron chi connectivity index (χ3n) is 5.15. The van der Waals surface area contributed by atoms with E-state index < -0.39 is 11.9 Å². The molecular formula is C23H27NO5. The molecule has 0 bridgehead atoms. The molecule has 1 N–H and O–H groups in total. The molecule has 0 amide bonds. The topological polar surface area (TPSA) is 73.9 Å². The standard InChI is InChI=1S/C23H27NO5/c1-5-12-29-23(26)20-14(3)24-16-8-7-9-17(25)22(16)21(20)15-10-11-18(28-6-2)19(13-15)27-4/h5,10-11,13,21,24H,1,6-9,12H2,2-4H3/t21-/m0/s1. The van der Waals surface area contributed by atoms with Crippen molar-refractivity contribution in [3.05, 3.63) is 59.0 Å². The number of hydrogen-bond donors (Lipinski definition) is 1. The van der Waals surface area contributed by atoms with Crippen molar-refractivity contribution in [3.63, 3.8) is 0 Å². The monoisotopic (exact) mass is 397 g/mol. The number of rotatable bonds is 7. The Labute approximate surface area is 171 Å². The summed E-state index contributed by atoms with van der Waals surface area (Å²) in [5.74, 6) is 0.259. The van der Waals surface area contributed by atoms with Gasteiger partial charge in [0.2, 0.25) is 0 Å². The van der Waals surface area contributed by atoms with Crippen molar-refractivity contribution in [2.24, 2.45) is 0 Å². The Morgan fingerprint density at radius 1 is 1.31 bits per heavy atom. The summed E-state index contributed by atoms with van der Waals surface area (Å²) in [4.78, 5) is 25.8. The highest BCUT2D eigenvalue weighted by molar-refractivity contribution is 6.03. The van der Waals surface area contributed by atoms with Gasteiger partial charge in [0.15, 0.2) is 17.3 Å². The van der Waals surface area contributed by atoms with E-state index in [-0.39, 0.29) is 12.4 Å². The Kier molecular flexibility index (Phi) is 6.42. The van der Waals surface area contributed by atoms with Crippen molar-refractivity contribution in [1.82, 2.24) is 5.32 Å². The average Bonchev–Trinajstić information content (AvgIpc) is 2.71. The average molecular weight is 397 g/mol. The van der Waals surface area contributed by atoms with Crippen molar-refractivity contribution >= 4 is 11.8 Å². The lowest BCUT2D eigenvalue weighted by atomic mass is 9.75. The zero-order chi connectivity index (χ0) is 21.0. The minimum atomic E-state index is -0.513. The normalized spacial score (nSPS) is 18.7. The first-order valence-corrected chi connectivity index (χ1v) is 9.84. The summed E-state index contributed by atoms with van der Waals surface area (Å²) >= 11 is 0. The van der Waals surface area contributed by atoms with Crippen LogP contribution in [-0.2, 0) is 14.3 Å². The summed E-state index contributed by atoms with van der Waals surface area (Å²) in [6.45, 7) is 7.95. The summed E-state index contributed by atoms with van der Waals surface area (Å²) in [5, 5.41) is 3.27. The maximum Gasteiger partial charge on any atom is 0.337 e. The molecule has 0 aromatic heterocycles. The maximum atomic E-state index is 12.9. The molecule has 1 aliphatic carbocycles. The number of carbonyl (C=O) groups is 2. The summed E-state index contributed by atoms with van der Waals surface area (Å²) in [5.41, 5.74) is 3.45. The second-order valence-corrected chi connectivity index (χ2v) is 7.00. The summed E-state index contributed by atoms with van der Waals surface area (Å²) in [6, 6.07) is 5.53. The van der Waals surface area contributed by atoms with Crippen LogP contribution in [0, 0.1) is 0 Å². The first-order valence-electron chi connectivity index (χ1n) is 9.84. The Bertz CT molecular complexity index is 897. The smallest absolute Gasteiger partial charge is 0.337 e. The Morgan fingerprint density at radius 2 is 2.10 bits per heavy atom. The van der Waals surface area contributed by atoms with Crippen LogP contribution in [0.1, 0.15) is 44.6 Å². The molecular weight excluding hydrogens is 370 g/mol. The van der Waals surface area contributed by atoms with Gasteiger partial charge in [0.1, 0.15) is 6.61 Å². The molecule has 0 spiro atoms. The van der Waals surface area contributed by atoms with Crippen molar-refractivity contribution in [2.75, 3.05) is 20.3 Å². The van der Waals surface area contributed by atoms with Crippen molar-refractivity contribution in [3.8, 4) is 11.5 Å². The van der Waals surface area contributed by atoms with Gasteiger partial charge in [-0.05, 0) is 44.4 Å². The van der Waals surface area contributed by atoms with Crippen LogP contribution >= 0.6 is 0 Å². The van der Waals surface area contributed by atoms with Crippen LogP contribution in [0.2, 0.25) is 0 Å². The lowest BCUT2D eigenvalue weighted by Crippen LogP contribution is -2.34. The number of Topliss-reactive ketones (excluding diaryl/α,β-unsaturated/α-hetero) is 1. The molecule has 154 valence electrons. The predicted molar refractivity (Wildman–Crippen MR) is 110 cm³/mol. The first kappa shape index (κ1) is 20.7. The fraction of sp³-hybridized carbons (Fsp3) is 0.391. The van der Waals surface area contributed by atoms with E-state index in [9.17, 15) is 9.59 Å². The largest absolute Gasteiger partial charge is 0.493 e. The van der Waals surface area contributed by atoms with Gasteiger partial charge in [-0.25, -0.2) is 4.79 Å². The van der Waals surface area contributed by atoms with E-state index in [0.29, 0.717) is 41.4 Å². The van der Waals surface area contributed by atoms with Crippen LogP contribution in [0.3, 0.4) is 0 Å². The van der Waals surface area contributed by atoms with Gasteiger partial charge >= 0.3 is 5.97 Å². The van der Waals surface area contributed by atoms with Gasteiger partial charge in [0.25, 0.3) is 0 Å². The Hall–Kier alpha value is -3.02. The van der Waals surface area contributed by atoms with Crippen LogP contribution in [0.15, 0.2) is 53.4 Å². The van der Waals surface area contributed by atoms with Crippen LogP contribution in [-0.4, -0.2) is 32.1 Å². The van der Waals surface area contributed by atoms with Gasteiger partial charge in [-0.2, -0.15) is 0 Å². The summed E-state index contributed by atoms with van der Waals surface area (Å²) < 4.78 is 16.5. The second kappa shape index (κ2) is 8.99. The van der Waals surface area contributed by atoms with Crippen LogP contribution < -0.4 is 14.8 Å². The zero-order valence-electron chi connectivity index (χ0n) is 17.2. The van der Waals surface area contributed by atoms with Gasteiger partial charge in [0.05, 0.1) is 19.3 Å². The fourth-order valence-corrected chi connectivity index (χ4v) is 3.94. The van der Waals surface area contributed by atoms with Gasteiger partial charge in [-0.3, -0.25) is 4.79 Å². The molecule has 0 unspecified atom stereocenters. The summed E-state index contributed by atoms with van der Waals surface area (Å²) in [7, 11) is 1.57. The zero-order valence-corrected chi connectivity index (χ0v) is 17.2. The Morgan fingerprint density at radius 3 is 2.79 bits per heavy atom. The number of ether oxygens (including phenoxy) is 3. The fourth-order valence-electron chi connectivity index (χ4n) is 3.94. The number of hydrogen-bond acceptors (Lipinski definition) is 6. The lowest BCUT2D eigenvalue weighted by molar-refractivity contribution is -0.138. The van der Waals surface area contributed by atoms with E-state index in [1.807, 2.05) is 32.0 Å². The highest BCUT2D eigenvalue weighted by Gasteiger charge is 2.39. The van der Waals surface area contributed by atoms with E-state index in [4.69, 9.17) is 14.2 Å². The third-order valence-corrected chi connectivity index (χ3v) is 5.15. The molecule has 1 heterocycles. The van der Waals surface area contributed by atoms with E-state index >= 15 is 0 Å². The number of carbonyl (C=O) groups excluding carboxylic acids is 2. The Balaban J connectivity index is 2.14. The van der Waals surface area contributed by atoms with Crippen molar-refractivity contribution in [1.29, 1.82) is 0 Å².